The predicted molar refractivity (Wildman–Crippen MR) is 114 cm³/mol. The van der Waals surface area contributed by atoms with Crippen LogP contribution in [0.3, 0.4) is 0 Å². The number of anilines is 1. The summed E-state index contributed by atoms with van der Waals surface area (Å²) in [6.07, 6.45) is 1.45. The van der Waals surface area contributed by atoms with Gasteiger partial charge < -0.3 is 5.32 Å². The van der Waals surface area contributed by atoms with Crippen molar-refractivity contribution in [3.63, 3.8) is 0 Å². The van der Waals surface area contributed by atoms with E-state index in [4.69, 9.17) is 34.8 Å². The van der Waals surface area contributed by atoms with Gasteiger partial charge in [-0.15, -0.1) is 0 Å². The number of hydrogen-bond acceptors (Lipinski definition) is 5. The molecule has 1 atom stereocenters. The third-order valence-electron chi connectivity index (χ3n) is 4.69. The van der Waals surface area contributed by atoms with Crippen molar-refractivity contribution in [3.05, 3.63) is 51.6 Å². The maximum atomic E-state index is 12.9. The Morgan fingerprint density at radius 1 is 1.07 bits per heavy atom. The SMILES string of the molecule is CC(C(=O)Nc1ccc(Cl)cn1)N1CCN(S(=O)(=O)c2cc(Cl)ccc2Cl)CC1. The molecule has 2 heterocycles. The quantitative estimate of drug-likeness (QED) is 0.714. The van der Waals surface area contributed by atoms with Crippen molar-refractivity contribution < 1.29 is 13.2 Å². The number of pyridine rings is 1. The third-order valence-corrected chi connectivity index (χ3v) is 7.53. The van der Waals surface area contributed by atoms with E-state index in [2.05, 4.69) is 10.3 Å². The van der Waals surface area contributed by atoms with E-state index in [-0.39, 0.29) is 28.9 Å². The van der Waals surface area contributed by atoms with Crippen molar-refractivity contribution in [1.82, 2.24) is 14.2 Å². The van der Waals surface area contributed by atoms with Crippen molar-refractivity contribution in [2.75, 3.05) is 31.5 Å². The molecule has 156 valence electrons. The van der Waals surface area contributed by atoms with Gasteiger partial charge in [0.1, 0.15) is 10.7 Å². The van der Waals surface area contributed by atoms with Gasteiger partial charge in [-0.05, 0) is 37.3 Å². The zero-order valence-corrected chi connectivity index (χ0v) is 18.6. The standard InChI is InChI=1S/C18H19Cl3N4O3S/c1-12(18(26)23-17-5-3-14(20)11-22-17)24-6-8-25(9-7-24)29(27,28)16-10-13(19)2-4-15(16)21/h2-5,10-12H,6-9H2,1H3,(H,22,23,26). The van der Waals surface area contributed by atoms with Crippen LogP contribution in [0, 0.1) is 0 Å². The Kier molecular flexibility index (Phi) is 7.03. The van der Waals surface area contributed by atoms with Crippen LogP contribution in [0.1, 0.15) is 6.92 Å². The molecule has 0 saturated carbocycles. The minimum atomic E-state index is -3.77. The number of sulfonamides is 1. The van der Waals surface area contributed by atoms with E-state index in [1.54, 1.807) is 19.1 Å². The van der Waals surface area contributed by atoms with E-state index in [1.807, 2.05) is 4.90 Å². The van der Waals surface area contributed by atoms with Gasteiger partial charge >= 0.3 is 0 Å². The molecule has 3 rings (SSSR count). The first kappa shape index (κ1) is 22.3. The molecule has 0 spiro atoms. The summed E-state index contributed by atoms with van der Waals surface area (Å²) in [7, 11) is -3.77. The van der Waals surface area contributed by atoms with Gasteiger partial charge in [0.25, 0.3) is 0 Å². The highest BCUT2D eigenvalue weighted by Crippen LogP contribution is 2.28. The lowest BCUT2D eigenvalue weighted by Crippen LogP contribution is -2.54. The van der Waals surface area contributed by atoms with Crippen LogP contribution in [0.4, 0.5) is 5.82 Å². The molecule has 29 heavy (non-hydrogen) atoms. The Bertz CT molecular complexity index is 994. The normalized spacial score (nSPS) is 17.1. The maximum absolute atomic E-state index is 12.9. The number of hydrogen-bond donors (Lipinski definition) is 1. The number of nitrogens with one attached hydrogen (secondary N) is 1. The molecular formula is C18H19Cl3N4O3S. The third kappa shape index (κ3) is 5.20. The van der Waals surface area contributed by atoms with E-state index in [9.17, 15) is 13.2 Å². The fourth-order valence-electron chi connectivity index (χ4n) is 2.99. The number of amides is 1. The Labute approximate surface area is 184 Å². The van der Waals surface area contributed by atoms with Gasteiger partial charge in [-0.2, -0.15) is 4.31 Å². The topological polar surface area (TPSA) is 82.6 Å². The van der Waals surface area contributed by atoms with Crippen LogP contribution < -0.4 is 5.32 Å². The summed E-state index contributed by atoms with van der Waals surface area (Å²) in [5.74, 6) is 0.178. The second kappa shape index (κ2) is 9.16. The fraction of sp³-hybridized carbons (Fsp3) is 0.333. The van der Waals surface area contributed by atoms with Crippen LogP contribution in [-0.4, -0.2) is 60.7 Å². The summed E-state index contributed by atoms with van der Waals surface area (Å²) in [5.41, 5.74) is 0. The van der Waals surface area contributed by atoms with Crippen LogP contribution >= 0.6 is 34.8 Å². The summed E-state index contributed by atoms with van der Waals surface area (Å²) < 4.78 is 27.2. The first-order valence-corrected chi connectivity index (χ1v) is 11.4. The smallest absolute Gasteiger partial charge is 0.244 e. The zero-order valence-electron chi connectivity index (χ0n) is 15.5. The fourth-order valence-corrected chi connectivity index (χ4v) is 5.26. The van der Waals surface area contributed by atoms with Gasteiger partial charge in [-0.1, -0.05) is 34.8 Å². The lowest BCUT2D eigenvalue weighted by molar-refractivity contribution is -0.121. The van der Waals surface area contributed by atoms with Crippen molar-refractivity contribution in [2.24, 2.45) is 0 Å². The Balaban J connectivity index is 1.62. The van der Waals surface area contributed by atoms with E-state index in [0.717, 1.165) is 0 Å². The van der Waals surface area contributed by atoms with E-state index >= 15 is 0 Å². The summed E-state index contributed by atoms with van der Waals surface area (Å²) in [6.45, 7) is 3.05. The number of carbonyl (C=O) groups excluding carboxylic acids is 1. The maximum Gasteiger partial charge on any atom is 0.244 e. The number of piperazine rings is 1. The lowest BCUT2D eigenvalue weighted by atomic mass is 10.2. The number of aromatic nitrogens is 1. The molecule has 1 aromatic heterocycles. The molecule has 0 radical (unpaired) electrons. The Morgan fingerprint density at radius 2 is 1.72 bits per heavy atom. The van der Waals surface area contributed by atoms with Crippen LogP contribution in [0.2, 0.25) is 15.1 Å². The lowest BCUT2D eigenvalue weighted by Gasteiger charge is -2.36. The molecule has 11 heteroatoms. The molecule has 0 bridgehead atoms. The minimum Gasteiger partial charge on any atom is -0.309 e. The largest absolute Gasteiger partial charge is 0.309 e. The molecule has 1 aliphatic rings. The second-order valence-electron chi connectivity index (χ2n) is 6.54. The average Bonchev–Trinajstić information content (AvgIpc) is 2.71. The molecule has 0 aliphatic carbocycles. The van der Waals surface area contributed by atoms with E-state index in [0.29, 0.717) is 29.0 Å². The first-order valence-electron chi connectivity index (χ1n) is 8.80. The van der Waals surface area contributed by atoms with E-state index in [1.165, 1.54) is 28.7 Å². The van der Waals surface area contributed by atoms with Gasteiger partial charge in [-0.25, -0.2) is 13.4 Å². The zero-order chi connectivity index (χ0) is 21.2. The average molecular weight is 478 g/mol. The van der Waals surface area contributed by atoms with Gasteiger partial charge in [0.05, 0.1) is 16.1 Å². The monoisotopic (exact) mass is 476 g/mol. The molecule has 1 fully saturated rings. The molecule has 1 aliphatic heterocycles. The van der Waals surface area contributed by atoms with Crippen LogP contribution in [0.15, 0.2) is 41.4 Å². The molecular weight excluding hydrogens is 459 g/mol. The van der Waals surface area contributed by atoms with Gasteiger partial charge in [0.15, 0.2) is 0 Å². The molecule has 1 aromatic carbocycles. The summed E-state index contributed by atoms with van der Waals surface area (Å²) in [6, 6.07) is 7.15. The number of benzene rings is 1. The summed E-state index contributed by atoms with van der Waals surface area (Å²) in [4.78, 5) is 18.4. The van der Waals surface area contributed by atoms with Crippen molar-refractivity contribution in [1.29, 1.82) is 0 Å². The van der Waals surface area contributed by atoms with Crippen molar-refractivity contribution in [2.45, 2.75) is 17.9 Å². The highest BCUT2D eigenvalue weighted by molar-refractivity contribution is 7.89. The molecule has 2 aromatic rings. The summed E-state index contributed by atoms with van der Waals surface area (Å²) >= 11 is 17.8. The van der Waals surface area contributed by atoms with Crippen LogP contribution in [-0.2, 0) is 14.8 Å². The van der Waals surface area contributed by atoms with E-state index < -0.39 is 16.1 Å². The minimum absolute atomic E-state index is 0.0141. The second-order valence-corrected chi connectivity index (χ2v) is 9.73. The van der Waals surface area contributed by atoms with Crippen molar-refractivity contribution >= 4 is 56.6 Å². The van der Waals surface area contributed by atoms with Crippen LogP contribution in [0.25, 0.3) is 0 Å². The van der Waals surface area contributed by atoms with Crippen molar-refractivity contribution in [3.8, 4) is 0 Å². The first-order chi connectivity index (χ1) is 13.7. The molecule has 1 saturated heterocycles. The van der Waals surface area contributed by atoms with Gasteiger partial charge in [-0.3, -0.25) is 9.69 Å². The number of rotatable bonds is 5. The number of halogens is 3. The van der Waals surface area contributed by atoms with Crippen LogP contribution in [0.5, 0.6) is 0 Å². The molecule has 7 nitrogen and oxygen atoms in total. The Morgan fingerprint density at radius 3 is 2.34 bits per heavy atom. The number of nitrogens with zero attached hydrogens (tertiary/aromatic N) is 3. The summed E-state index contributed by atoms with van der Waals surface area (Å²) in [5, 5.41) is 3.64. The molecule has 1 unspecified atom stereocenters. The Hall–Kier alpha value is -1.42. The molecule has 1 N–H and O–H groups in total. The van der Waals surface area contributed by atoms with Gasteiger partial charge in [0.2, 0.25) is 15.9 Å². The number of carbonyl (C=O) groups is 1. The predicted octanol–water partition coefficient (Wildman–Crippen LogP) is 3.38. The highest BCUT2D eigenvalue weighted by atomic mass is 35.5. The molecule has 1 amide bonds. The highest BCUT2D eigenvalue weighted by Gasteiger charge is 2.33. The van der Waals surface area contributed by atoms with Gasteiger partial charge in [0, 0.05) is 37.4 Å².